The monoisotopic (exact) mass is 206 g/mol. The van der Waals surface area contributed by atoms with E-state index in [0.717, 1.165) is 23.4 Å². The molecule has 0 unspecified atom stereocenters. The second-order valence-electron chi connectivity index (χ2n) is 3.82. The van der Waals surface area contributed by atoms with Crippen LogP contribution in [0.15, 0.2) is 12.7 Å². The number of nitrogens with zero attached hydrogens (tertiary/aromatic N) is 2. The molecule has 1 aromatic rings. The molecule has 0 fully saturated rings. The van der Waals surface area contributed by atoms with Gasteiger partial charge in [0.25, 0.3) is 0 Å². The van der Waals surface area contributed by atoms with E-state index in [-0.39, 0.29) is 5.78 Å². The van der Waals surface area contributed by atoms with Crippen molar-refractivity contribution < 1.29 is 4.79 Å². The Hall–Kier alpha value is -1.38. The molecule has 0 amide bonds. The molecule has 0 aliphatic heterocycles. The van der Waals surface area contributed by atoms with Crippen molar-refractivity contribution in [3.63, 3.8) is 0 Å². The summed E-state index contributed by atoms with van der Waals surface area (Å²) in [5.41, 5.74) is 3.12. The second kappa shape index (κ2) is 4.91. The molecule has 0 radical (unpaired) electrons. The lowest BCUT2D eigenvalue weighted by molar-refractivity contribution is -0.118. The summed E-state index contributed by atoms with van der Waals surface area (Å²) in [5, 5.41) is 4.29. The van der Waals surface area contributed by atoms with E-state index in [1.807, 2.05) is 25.6 Å². The Morgan fingerprint density at radius 1 is 1.53 bits per heavy atom. The number of aryl methyl sites for hydroxylation is 2. The molecule has 0 saturated carbocycles. The van der Waals surface area contributed by atoms with Crippen LogP contribution >= 0.6 is 0 Å². The van der Waals surface area contributed by atoms with Crippen LogP contribution in [0.1, 0.15) is 29.8 Å². The molecule has 0 spiro atoms. The highest BCUT2D eigenvalue weighted by molar-refractivity contribution is 5.81. The Labute approximate surface area is 90.8 Å². The lowest BCUT2D eigenvalue weighted by atomic mass is 10.0. The first-order chi connectivity index (χ1) is 7.06. The zero-order chi connectivity index (χ0) is 11.4. The normalized spacial score (nSPS) is 10.3. The lowest BCUT2D eigenvalue weighted by Crippen LogP contribution is -2.04. The summed E-state index contributed by atoms with van der Waals surface area (Å²) in [6.07, 6.45) is 3.62. The minimum Gasteiger partial charge on any atom is -0.299 e. The molecule has 15 heavy (non-hydrogen) atoms. The third-order valence-corrected chi connectivity index (χ3v) is 2.66. The highest BCUT2D eigenvalue weighted by atomic mass is 16.1. The van der Waals surface area contributed by atoms with Crippen LogP contribution in [0.4, 0.5) is 0 Å². The first-order valence-electron chi connectivity index (χ1n) is 5.18. The van der Waals surface area contributed by atoms with Crippen LogP contribution in [0.5, 0.6) is 0 Å². The average molecular weight is 206 g/mol. The van der Waals surface area contributed by atoms with Gasteiger partial charge in [0, 0.05) is 31.1 Å². The highest BCUT2D eigenvalue weighted by Crippen LogP contribution is 2.13. The average Bonchev–Trinajstić information content (AvgIpc) is 2.42. The van der Waals surface area contributed by atoms with Gasteiger partial charge in [-0.3, -0.25) is 9.48 Å². The highest BCUT2D eigenvalue weighted by Gasteiger charge is 2.12. The van der Waals surface area contributed by atoms with Crippen LogP contribution in [0, 0.1) is 13.8 Å². The molecule has 3 nitrogen and oxygen atoms in total. The Kier molecular flexibility index (Phi) is 3.83. The largest absolute Gasteiger partial charge is 0.299 e. The molecule has 1 heterocycles. The number of hydrogen-bond donors (Lipinski definition) is 0. The third kappa shape index (κ3) is 2.78. The van der Waals surface area contributed by atoms with Gasteiger partial charge in [0.2, 0.25) is 0 Å². The van der Waals surface area contributed by atoms with Crippen molar-refractivity contribution in [2.75, 3.05) is 0 Å². The van der Waals surface area contributed by atoms with Gasteiger partial charge in [0.1, 0.15) is 5.78 Å². The maximum absolute atomic E-state index is 11.6. The number of Topliss-reactive ketones (excluding diaryl/α,β-unsaturated/α-hetero) is 1. The van der Waals surface area contributed by atoms with E-state index in [0.29, 0.717) is 12.8 Å². The van der Waals surface area contributed by atoms with Crippen LogP contribution in [0.25, 0.3) is 0 Å². The summed E-state index contributed by atoms with van der Waals surface area (Å²) in [7, 11) is 1.90. The molecule has 0 bridgehead atoms. The fourth-order valence-electron chi connectivity index (χ4n) is 1.62. The number of rotatable bonds is 5. The molecule has 0 N–H and O–H groups in total. The quantitative estimate of drug-likeness (QED) is 0.692. The zero-order valence-corrected chi connectivity index (χ0v) is 9.71. The molecule has 0 aliphatic carbocycles. The number of aromatic nitrogens is 2. The number of ketones is 1. The SMILES string of the molecule is C=CCCC(=O)Cc1c(C)nn(C)c1C. The topological polar surface area (TPSA) is 34.9 Å². The summed E-state index contributed by atoms with van der Waals surface area (Å²) in [6.45, 7) is 7.55. The van der Waals surface area contributed by atoms with Gasteiger partial charge < -0.3 is 0 Å². The second-order valence-corrected chi connectivity index (χ2v) is 3.82. The van der Waals surface area contributed by atoms with E-state index >= 15 is 0 Å². The lowest BCUT2D eigenvalue weighted by Gasteiger charge is -2.00. The van der Waals surface area contributed by atoms with Crippen molar-refractivity contribution in [2.45, 2.75) is 33.1 Å². The zero-order valence-electron chi connectivity index (χ0n) is 9.71. The van der Waals surface area contributed by atoms with Gasteiger partial charge in [-0.15, -0.1) is 6.58 Å². The van der Waals surface area contributed by atoms with E-state index in [2.05, 4.69) is 11.7 Å². The number of allylic oxidation sites excluding steroid dienone is 1. The summed E-state index contributed by atoms with van der Waals surface area (Å²) in [6, 6.07) is 0. The number of hydrogen-bond acceptors (Lipinski definition) is 2. The standard InChI is InChI=1S/C12H18N2O/c1-5-6-7-11(15)8-12-9(2)13-14(4)10(12)3/h5H,1,6-8H2,2-4H3. The Bertz CT molecular complexity index is 377. The fourth-order valence-corrected chi connectivity index (χ4v) is 1.62. The summed E-state index contributed by atoms with van der Waals surface area (Å²) in [4.78, 5) is 11.6. The van der Waals surface area contributed by atoms with E-state index in [1.54, 1.807) is 6.08 Å². The van der Waals surface area contributed by atoms with Gasteiger partial charge in [-0.05, 0) is 20.3 Å². The Balaban J connectivity index is 2.71. The molecular weight excluding hydrogens is 188 g/mol. The van der Waals surface area contributed by atoms with Crippen molar-refractivity contribution in [1.82, 2.24) is 9.78 Å². The fraction of sp³-hybridized carbons (Fsp3) is 0.500. The van der Waals surface area contributed by atoms with Crippen LogP contribution in [-0.4, -0.2) is 15.6 Å². The summed E-state index contributed by atoms with van der Waals surface area (Å²) >= 11 is 0. The van der Waals surface area contributed by atoms with Crippen LogP contribution in [0.3, 0.4) is 0 Å². The van der Waals surface area contributed by atoms with Crippen LogP contribution in [0.2, 0.25) is 0 Å². The van der Waals surface area contributed by atoms with Crippen molar-refractivity contribution in [1.29, 1.82) is 0 Å². The van der Waals surface area contributed by atoms with Crippen molar-refractivity contribution in [2.24, 2.45) is 7.05 Å². The van der Waals surface area contributed by atoms with Gasteiger partial charge in [0.15, 0.2) is 0 Å². The molecule has 1 rings (SSSR count). The number of carbonyl (C=O) groups excluding carboxylic acids is 1. The summed E-state index contributed by atoms with van der Waals surface area (Å²) < 4.78 is 1.82. The predicted molar refractivity (Wildman–Crippen MR) is 60.8 cm³/mol. The third-order valence-electron chi connectivity index (χ3n) is 2.66. The smallest absolute Gasteiger partial charge is 0.137 e. The van der Waals surface area contributed by atoms with E-state index in [4.69, 9.17) is 0 Å². The first-order valence-corrected chi connectivity index (χ1v) is 5.18. The number of carbonyl (C=O) groups is 1. The van der Waals surface area contributed by atoms with Crippen LogP contribution in [-0.2, 0) is 18.3 Å². The van der Waals surface area contributed by atoms with Gasteiger partial charge in [-0.2, -0.15) is 5.10 Å². The Morgan fingerprint density at radius 3 is 2.67 bits per heavy atom. The molecule has 82 valence electrons. The summed E-state index contributed by atoms with van der Waals surface area (Å²) in [5.74, 6) is 0.258. The molecule has 1 aromatic heterocycles. The molecule has 0 saturated heterocycles. The van der Waals surface area contributed by atoms with Gasteiger partial charge in [-0.25, -0.2) is 0 Å². The van der Waals surface area contributed by atoms with Crippen molar-refractivity contribution in [3.8, 4) is 0 Å². The van der Waals surface area contributed by atoms with E-state index in [9.17, 15) is 4.79 Å². The first kappa shape index (κ1) is 11.7. The molecule has 3 heteroatoms. The van der Waals surface area contributed by atoms with E-state index in [1.165, 1.54) is 0 Å². The maximum atomic E-state index is 11.6. The van der Waals surface area contributed by atoms with Crippen LogP contribution < -0.4 is 0 Å². The molecule has 0 aliphatic rings. The van der Waals surface area contributed by atoms with Gasteiger partial charge in [0.05, 0.1) is 5.69 Å². The predicted octanol–water partition coefficient (Wildman–Crippen LogP) is 2.11. The molecular formula is C12H18N2O. The maximum Gasteiger partial charge on any atom is 0.137 e. The van der Waals surface area contributed by atoms with Gasteiger partial charge in [-0.1, -0.05) is 6.08 Å². The van der Waals surface area contributed by atoms with Crippen molar-refractivity contribution in [3.05, 3.63) is 29.6 Å². The molecule has 0 aromatic carbocycles. The van der Waals surface area contributed by atoms with E-state index < -0.39 is 0 Å². The Morgan fingerprint density at radius 2 is 2.20 bits per heavy atom. The minimum absolute atomic E-state index is 0.258. The molecule has 0 atom stereocenters. The van der Waals surface area contributed by atoms with Gasteiger partial charge >= 0.3 is 0 Å². The minimum atomic E-state index is 0.258. The van der Waals surface area contributed by atoms with Crippen molar-refractivity contribution >= 4 is 5.78 Å².